The summed E-state index contributed by atoms with van der Waals surface area (Å²) in [4.78, 5) is 5.04. The second-order valence-corrected chi connectivity index (χ2v) is 5.63. The number of piperidine rings is 1. The standard InChI is InChI=1S/C14H28N3/c1-16-9-11-17(12-10-16)8-3-2-5-14-6-4-7-15-13-14/h5,14-15H,2-4,6-13H2,1H3. The zero-order valence-electron chi connectivity index (χ0n) is 11.3. The molecule has 2 aliphatic rings. The average Bonchev–Trinajstić information content (AvgIpc) is 2.38. The van der Waals surface area contributed by atoms with E-state index < -0.39 is 0 Å². The molecule has 0 spiro atoms. The van der Waals surface area contributed by atoms with Crippen molar-refractivity contribution in [3.8, 4) is 0 Å². The maximum absolute atomic E-state index is 3.48. The first-order valence-electron chi connectivity index (χ1n) is 7.29. The third kappa shape index (κ3) is 4.94. The lowest BCUT2D eigenvalue weighted by Gasteiger charge is -2.32. The van der Waals surface area contributed by atoms with Gasteiger partial charge in [-0.2, -0.15) is 0 Å². The topological polar surface area (TPSA) is 18.5 Å². The van der Waals surface area contributed by atoms with Gasteiger partial charge in [-0.3, -0.25) is 0 Å². The first kappa shape index (κ1) is 13.3. The zero-order valence-corrected chi connectivity index (χ0v) is 11.3. The van der Waals surface area contributed by atoms with Gasteiger partial charge in [0.1, 0.15) is 0 Å². The van der Waals surface area contributed by atoms with Gasteiger partial charge in [-0.15, -0.1) is 0 Å². The summed E-state index contributed by atoms with van der Waals surface area (Å²) in [6.45, 7) is 8.76. The van der Waals surface area contributed by atoms with E-state index in [2.05, 4.69) is 28.6 Å². The molecule has 2 aliphatic heterocycles. The molecule has 0 aromatic carbocycles. The molecule has 0 aromatic rings. The number of nitrogens with zero attached hydrogens (tertiary/aromatic N) is 2. The van der Waals surface area contributed by atoms with Crippen molar-refractivity contribution in [1.82, 2.24) is 15.1 Å². The van der Waals surface area contributed by atoms with E-state index in [0.717, 1.165) is 5.92 Å². The Hall–Kier alpha value is -0.120. The number of nitrogens with one attached hydrogen (secondary N) is 1. The van der Waals surface area contributed by atoms with Gasteiger partial charge < -0.3 is 15.1 Å². The minimum atomic E-state index is 0.844. The van der Waals surface area contributed by atoms with Crippen molar-refractivity contribution in [2.45, 2.75) is 25.7 Å². The Morgan fingerprint density at radius 3 is 2.76 bits per heavy atom. The molecule has 2 rings (SSSR count). The lowest BCUT2D eigenvalue weighted by molar-refractivity contribution is 0.152. The van der Waals surface area contributed by atoms with Crippen molar-refractivity contribution in [3.63, 3.8) is 0 Å². The van der Waals surface area contributed by atoms with Crippen molar-refractivity contribution in [2.24, 2.45) is 5.92 Å². The van der Waals surface area contributed by atoms with Crippen molar-refractivity contribution < 1.29 is 0 Å². The van der Waals surface area contributed by atoms with E-state index in [9.17, 15) is 0 Å². The van der Waals surface area contributed by atoms with Gasteiger partial charge in [0.25, 0.3) is 0 Å². The van der Waals surface area contributed by atoms with Crippen LogP contribution in [0, 0.1) is 12.3 Å². The predicted octanol–water partition coefficient (Wildman–Crippen LogP) is 1.22. The van der Waals surface area contributed by atoms with Crippen molar-refractivity contribution in [3.05, 3.63) is 6.42 Å². The van der Waals surface area contributed by atoms with E-state index in [-0.39, 0.29) is 0 Å². The molecule has 1 atom stereocenters. The summed E-state index contributed by atoms with van der Waals surface area (Å²) in [5.74, 6) is 0.844. The summed E-state index contributed by atoms with van der Waals surface area (Å²) in [5, 5.41) is 3.48. The highest BCUT2D eigenvalue weighted by Gasteiger charge is 2.14. The normalized spacial score (nSPS) is 28.4. The van der Waals surface area contributed by atoms with Crippen molar-refractivity contribution in [1.29, 1.82) is 0 Å². The molecule has 0 amide bonds. The number of likely N-dealkylation sites (N-methyl/N-ethyl adjacent to an activating group) is 1. The third-order valence-electron chi connectivity index (χ3n) is 4.11. The fourth-order valence-corrected chi connectivity index (χ4v) is 2.82. The van der Waals surface area contributed by atoms with Crippen LogP contribution in [-0.4, -0.2) is 62.7 Å². The Morgan fingerprint density at radius 2 is 2.06 bits per heavy atom. The molecular weight excluding hydrogens is 210 g/mol. The third-order valence-corrected chi connectivity index (χ3v) is 4.11. The van der Waals surface area contributed by atoms with Crippen molar-refractivity contribution in [2.75, 3.05) is 52.9 Å². The van der Waals surface area contributed by atoms with Crippen LogP contribution in [0.15, 0.2) is 0 Å². The SMILES string of the molecule is CN1CCN(CCC[CH]C2CCCNC2)CC1. The highest BCUT2D eigenvalue weighted by molar-refractivity contribution is 4.82. The number of piperazine rings is 1. The summed E-state index contributed by atoms with van der Waals surface area (Å²) in [7, 11) is 2.22. The molecule has 99 valence electrons. The van der Waals surface area contributed by atoms with E-state index in [1.165, 1.54) is 71.5 Å². The minimum Gasteiger partial charge on any atom is -0.316 e. The van der Waals surface area contributed by atoms with Gasteiger partial charge in [0.2, 0.25) is 0 Å². The average molecular weight is 238 g/mol. The van der Waals surface area contributed by atoms with Gasteiger partial charge in [-0.05, 0) is 64.7 Å². The number of hydrogen-bond acceptors (Lipinski definition) is 3. The Kier molecular flexibility index (Phi) is 5.75. The van der Waals surface area contributed by atoms with Crippen LogP contribution in [0.5, 0.6) is 0 Å². The van der Waals surface area contributed by atoms with Gasteiger partial charge in [0.15, 0.2) is 0 Å². The Labute approximate surface area is 107 Å². The van der Waals surface area contributed by atoms with Crippen LogP contribution in [0.3, 0.4) is 0 Å². The molecule has 2 saturated heterocycles. The highest BCUT2D eigenvalue weighted by atomic mass is 15.2. The molecule has 1 N–H and O–H groups in total. The molecule has 1 radical (unpaired) electrons. The Bertz CT molecular complexity index is 194. The zero-order chi connectivity index (χ0) is 11.9. The van der Waals surface area contributed by atoms with Crippen LogP contribution in [0.25, 0.3) is 0 Å². The summed E-state index contributed by atoms with van der Waals surface area (Å²) in [5.41, 5.74) is 0. The summed E-state index contributed by atoms with van der Waals surface area (Å²) in [6.07, 6.45) is 7.97. The van der Waals surface area contributed by atoms with E-state index in [1.807, 2.05) is 0 Å². The molecule has 3 heteroatoms. The van der Waals surface area contributed by atoms with Crippen LogP contribution in [-0.2, 0) is 0 Å². The molecule has 0 bridgehead atoms. The first-order chi connectivity index (χ1) is 8.34. The lowest BCUT2D eigenvalue weighted by atomic mass is 9.94. The van der Waals surface area contributed by atoms with Crippen LogP contribution < -0.4 is 5.32 Å². The van der Waals surface area contributed by atoms with E-state index in [4.69, 9.17) is 0 Å². The molecule has 0 aliphatic carbocycles. The van der Waals surface area contributed by atoms with E-state index in [1.54, 1.807) is 0 Å². The molecular formula is C14H28N3. The van der Waals surface area contributed by atoms with E-state index in [0.29, 0.717) is 0 Å². The number of rotatable bonds is 5. The number of hydrogen-bond donors (Lipinski definition) is 1. The summed E-state index contributed by atoms with van der Waals surface area (Å²) >= 11 is 0. The molecule has 0 saturated carbocycles. The molecule has 2 fully saturated rings. The van der Waals surface area contributed by atoms with Crippen LogP contribution in [0.1, 0.15) is 25.7 Å². The minimum absolute atomic E-state index is 0.844. The maximum atomic E-state index is 3.48. The second-order valence-electron chi connectivity index (χ2n) is 5.63. The van der Waals surface area contributed by atoms with Gasteiger partial charge in [-0.1, -0.05) is 0 Å². The van der Waals surface area contributed by atoms with Crippen molar-refractivity contribution >= 4 is 0 Å². The first-order valence-corrected chi connectivity index (χ1v) is 7.29. The molecule has 17 heavy (non-hydrogen) atoms. The fraction of sp³-hybridized carbons (Fsp3) is 0.929. The van der Waals surface area contributed by atoms with Crippen LogP contribution >= 0.6 is 0 Å². The predicted molar refractivity (Wildman–Crippen MR) is 73.1 cm³/mol. The van der Waals surface area contributed by atoms with E-state index >= 15 is 0 Å². The Morgan fingerprint density at radius 1 is 1.24 bits per heavy atom. The largest absolute Gasteiger partial charge is 0.316 e. The van der Waals surface area contributed by atoms with Gasteiger partial charge in [0, 0.05) is 26.2 Å². The van der Waals surface area contributed by atoms with Crippen LogP contribution in [0.4, 0.5) is 0 Å². The summed E-state index contributed by atoms with van der Waals surface area (Å²) in [6, 6.07) is 0. The molecule has 0 aromatic heterocycles. The number of unbranched alkanes of at least 4 members (excludes halogenated alkanes) is 1. The Balaban J connectivity index is 1.48. The maximum Gasteiger partial charge on any atom is 0.0110 e. The van der Waals surface area contributed by atoms with Gasteiger partial charge in [-0.25, -0.2) is 0 Å². The van der Waals surface area contributed by atoms with Gasteiger partial charge in [0.05, 0.1) is 0 Å². The van der Waals surface area contributed by atoms with Gasteiger partial charge >= 0.3 is 0 Å². The molecule has 3 nitrogen and oxygen atoms in total. The lowest BCUT2D eigenvalue weighted by Crippen LogP contribution is -2.44. The molecule has 2 heterocycles. The highest BCUT2D eigenvalue weighted by Crippen LogP contribution is 2.16. The quantitative estimate of drug-likeness (QED) is 0.727. The van der Waals surface area contributed by atoms with Crippen LogP contribution in [0.2, 0.25) is 0 Å². The molecule has 1 unspecified atom stereocenters. The second kappa shape index (κ2) is 7.34. The smallest absolute Gasteiger partial charge is 0.0110 e. The monoisotopic (exact) mass is 238 g/mol. The summed E-state index contributed by atoms with van der Waals surface area (Å²) < 4.78 is 0. The fourth-order valence-electron chi connectivity index (χ4n) is 2.82.